The SMILES string of the molecule is C=CCCCOc1ccc(OC(=O)C2CCC(c3ccc(-c4ccc(C(O)CCC)cc4)c(F)c3F)CC2)c(F)c1. The van der Waals surface area contributed by atoms with Gasteiger partial charge in [0.2, 0.25) is 0 Å². The van der Waals surface area contributed by atoms with Crippen molar-refractivity contribution in [3.8, 4) is 22.6 Å². The van der Waals surface area contributed by atoms with Crippen molar-refractivity contribution >= 4 is 5.97 Å². The molecule has 0 spiro atoms. The number of hydrogen-bond acceptors (Lipinski definition) is 4. The molecule has 4 nitrogen and oxygen atoms in total. The first-order chi connectivity index (χ1) is 19.8. The fraction of sp³-hybridized carbons (Fsp3) is 0.382. The number of carbonyl (C=O) groups excluding carboxylic acids is 1. The number of aliphatic hydroxyl groups excluding tert-OH is 1. The van der Waals surface area contributed by atoms with E-state index in [1.165, 1.54) is 12.1 Å². The lowest BCUT2D eigenvalue weighted by atomic mass is 9.78. The zero-order valence-electron chi connectivity index (χ0n) is 23.4. The van der Waals surface area contributed by atoms with Crippen molar-refractivity contribution in [2.24, 2.45) is 5.92 Å². The number of unbranched alkanes of at least 4 members (excludes halogenated alkanes) is 1. The van der Waals surface area contributed by atoms with E-state index in [-0.39, 0.29) is 17.2 Å². The van der Waals surface area contributed by atoms with Gasteiger partial charge in [-0.3, -0.25) is 4.79 Å². The van der Waals surface area contributed by atoms with Crippen LogP contribution in [0.2, 0.25) is 0 Å². The summed E-state index contributed by atoms with van der Waals surface area (Å²) in [5.41, 5.74) is 1.73. The molecule has 0 bridgehead atoms. The average Bonchev–Trinajstić information content (AvgIpc) is 2.98. The van der Waals surface area contributed by atoms with E-state index in [9.17, 15) is 14.3 Å². The predicted octanol–water partition coefficient (Wildman–Crippen LogP) is 8.83. The summed E-state index contributed by atoms with van der Waals surface area (Å²) in [7, 11) is 0. The van der Waals surface area contributed by atoms with Crippen LogP contribution in [0.3, 0.4) is 0 Å². The number of carbonyl (C=O) groups is 1. The van der Waals surface area contributed by atoms with E-state index in [1.54, 1.807) is 48.5 Å². The molecule has 0 aromatic heterocycles. The molecule has 3 aromatic carbocycles. The monoisotopic (exact) mass is 566 g/mol. The summed E-state index contributed by atoms with van der Waals surface area (Å²) < 4.78 is 55.7. The molecular weight excluding hydrogens is 529 g/mol. The van der Waals surface area contributed by atoms with Gasteiger partial charge in [-0.15, -0.1) is 6.58 Å². The highest BCUT2D eigenvalue weighted by Crippen LogP contribution is 2.40. The van der Waals surface area contributed by atoms with Crippen LogP contribution in [0.5, 0.6) is 11.5 Å². The molecule has 1 N–H and O–H groups in total. The zero-order chi connectivity index (χ0) is 29.4. The normalized spacial score (nSPS) is 17.6. The van der Waals surface area contributed by atoms with E-state index in [1.807, 2.05) is 6.92 Å². The Balaban J connectivity index is 1.34. The van der Waals surface area contributed by atoms with Crippen LogP contribution in [-0.4, -0.2) is 17.7 Å². The van der Waals surface area contributed by atoms with E-state index < -0.39 is 35.4 Å². The molecule has 0 amide bonds. The number of hydrogen-bond donors (Lipinski definition) is 1. The third kappa shape index (κ3) is 7.59. The molecule has 1 fully saturated rings. The van der Waals surface area contributed by atoms with E-state index >= 15 is 8.78 Å². The molecule has 218 valence electrons. The van der Waals surface area contributed by atoms with Crippen LogP contribution in [0, 0.1) is 23.4 Å². The second-order valence-electron chi connectivity index (χ2n) is 10.6. The Bertz CT molecular complexity index is 1330. The van der Waals surface area contributed by atoms with Gasteiger partial charge in [0.15, 0.2) is 23.2 Å². The lowest BCUT2D eigenvalue weighted by Gasteiger charge is -2.28. The molecule has 1 atom stereocenters. The molecule has 7 heteroatoms. The van der Waals surface area contributed by atoms with Crippen molar-refractivity contribution in [2.45, 2.75) is 70.3 Å². The number of rotatable bonds is 12. The topological polar surface area (TPSA) is 55.8 Å². The Hall–Kier alpha value is -3.58. The molecule has 0 radical (unpaired) electrons. The van der Waals surface area contributed by atoms with Crippen molar-refractivity contribution < 1.29 is 32.5 Å². The number of esters is 1. The lowest BCUT2D eigenvalue weighted by molar-refractivity contribution is -0.140. The Labute approximate surface area is 239 Å². The second kappa shape index (κ2) is 14.4. The molecule has 3 aromatic rings. The minimum absolute atomic E-state index is 0.160. The Morgan fingerprint density at radius 3 is 2.41 bits per heavy atom. The molecule has 1 aliphatic carbocycles. The first-order valence-corrected chi connectivity index (χ1v) is 14.3. The van der Waals surface area contributed by atoms with E-state index in [0.29, 0.717) is 55.6 Å². The van der Waals surface area contributed by atoms with Gasteiger partial charge >= 0.3 is 5.97 Å². The van der Waals surface area contributed by atoms with Crippen LogP contribution >= 0.6 is 0 Å². The van der Waals surface area contributed by atoms with Crippen molar-refractivity contribution in [1.29, 1.82) is 0 Å². The highest BCUT2D eigenvalue weighted by Gasteiger charge is 2.31. The lowest BCUT2D eigenvalue weighted by Crippen LogP contribution is -2.25. The molecule has 0 heterocycles. The minimum atomic E-state index is -0.908. The molecule has 1 aliphatic rings. The van der Waals surface area contributed by atoms with Gasteiger partial charge in [0.25, 0.3) is 0 Å². The maximum Gasteiger partial charge on any atom is 0.314 e. The van der Waals surface area contributed by atoms with Crippen LogP contribution in [0.15, 0.2) is 67.3 Å². The van der Waals surface area contributed by atoms with Gasteiger partial charge in [0.05, 0.1) is 18.6 Å². The molecule has 1 saturated carbocycles. The van der Waals surface area contributed by atoms with Crippen LogP contribution in [0.1, 0.15) is 81.4 Å². The summed E-state index contributed by atoms with van der Waals surface area (Å²) in [6.07, 6.45) is 6.07. The van der Waals surface area contributed by atoms with Crippen LogP contribution < -0.4 is 9.47 Å². The fourth-order valence-electron chi connectivity index (χ4n) is 5.33. The van der Waals surface area contributed by atoms with Gasteiger partial charge in [-0.05, 0) is 79.7 Å². The van der Waals surface area contributed by atoms with Crippen LogP contribution in [-0.2, 0) is 4.79 Å². The van der Waals surface area contributed by atoms with Gasteiger partial charge < -0.3 is 14.6 Å². The summed E-state index contributed by atoms with van der Waals surface area (Å²) >= 11 is 0. The number of ether oxygens (including phenoxy) is 2. The molecule has 41 heavy (non-hydrogen) atoms. The highest BCUT2D eigenvalue weighted by atomic mass is 19.2. The Kier molecular flexibility index (Phi) is 10.6. The third-order valence-corrected chi connectivity index (χ3v) is 7.72. The Morgan fingerprint density at radius 2 is 1.76 bits per heavy atom. The third-order valence-electron chi connectivity index (χ3n) is 7.72. The summed E-state index contributed by atoms with van der Waals surface area (Å²) in [6.45, 7) is 6.06. The summed E-state index contributed by atoms with van der Waals surface area (Å²) in [6, 6.07) is 14.2. The highest BCUT2D eigenvalue weighted by molar-refractivity contribution is 5.75. The van der Waals surface area contributed by atoms with Crippen LogP contribution in [0.25, 0.3) is 11.1 Å². The van der Waals surface area contributed by atoms with Gasteiger partial charge in [-0.1, -0.05) is 55.8 Å². The largest absolute Gasteiger partial charge is 0.493 e. The summed E-state index contributed by atoms with van der Waals surface area (Å²) in [4.78, 5) is 12.7. The van der Waals surface area contributed by atoms with Crippen molar-refractivity contribution in [3.63, 3.8) is 0 Å². The molecule has 4 rings (SSSR count). The number of aliphatic hydroxyl groups is 1. The second-order valence-corrected chi connectivity index (χ2v) is 10.6. The van der Waals surface area contributed by atoms with Crippen LogP contribution in [0.4, 0.5) is 13.2 Å². The quantitative estimate of drug-likeness (QED) is 0.103. The fourth-order valence-corrected chi connectivity index (χ4v) is 5.33. The van der Waals surface area contributed by atoms with Gasteiger partial charge in [-0.25, -0.2) is 13.2 Å². The van der Waals surface area contributed by atoms with Crippen molar-refractivity contribution in [2.75, 3.05) is 6.61 Å². The standard InChI is InChI=1S/C34H37F3O4/c1-3-5-6-20-40-26-16-19-31(29(35)21-26)41-34(39)25-14-10-23(11-15-25)28-18-17-27(32(36)33(28)37)22-8-12-24(13-9-22)30(38)7-4-2/h3,8-9,12-13,16-19,21,23,25,30,38H,1,4-7,10-11,14-15,20H2,2H3. The van der Waals surface area contributed by atoms with Gasteiger partial charge in [0.1, 0.15) is 5.75 Å². The maximum absolute atomic E-state index is 15.2. The predicted molar refractivity (Wildman–Crippen MR) is 153 cm³/mol. The summed E-state index contributed by atoms with van der Waals surface area (Å²) in [5, 5.41) is 10.2. The first kappa shape index (κ1) is 30.4. The first-order valence-electron chi connectivity index (χ1n) is 14.3. The zero-order valence-corrected chi connectivity index (χ0v) is 23.4. The summed E-state index contributed by atoms with van der Waals surface area (Å²) in [5.74, 6) is -3.49. The minimum Gasteiger partial charge on any atom is -0.493 e. The van der Waals surface area contributed by atoms with Gasteiger partial charge in [-0.2, -0.15) is 0 Å². The number of halogens is 3. The van der Waals surface area contributed by atoms with Crippen molar-refractivity contribution in [3.05, 3.63) is 95.8 Å². The molecule has 0 saturated heterocycles. The molecule has 0 aliphatic heterocycles. The Morgan fingerprint density at radius 1 is 1.02 bits per heavy atom. The maximum atomic E-state index is 15.2. The number of allylic oxidation sites excluding steroid dienone is 1. The van der Waals surface area contributed by atoms with Crippen molar-refractivity contribution in [1.82, 2.24) is 0 Å². The van der Waals surface area contributed by atoms with E-state index in [0.717, 1.165) is 24.8 Å². The van der Waals surface area contributed by atoms with E-state index in [4.69, 9.17) is 9.47 Å². The van der Waals surface area contributed by atoms with Gasteiger partial charge in [0, 0.05) is 11.6 Å². The molecular formula is C34H37F3O4. The van der Waals surface area contributed by atoms with E-state index in [2.05, 4.69) is 6.58 Å². The smallest absolute Gasteiger partial charge is 0.314 e. The average molecular weight is 567 g/mol. The molecule has 1 unspecified atom stereocenters. The number of benzene rings is 3.